The molecule has 1 saturated heterocycles. The average Bonchev–Trinajstić information content (AvgIpc) is 2.79. The van der Waals surface area contributed by atoms with E-state index >= 15 is 0 Å². The number of rotatable bonds is 4. The standard InChI is InChI=1S/C23H23FN4O/c1-26(19-5-3-2-4-6-19)23(29)22-17-21(11-12-25-22)28-15-13-27(14-16-28)20-9-7-18(24)8-10-20/h2-12,17H,13-16H2,1H3. The maximum absolute atomic E-state index is 13.1. The Kier molecular flexibility index (Phi) is 5.42. The van der Waals surface area contributed by atoms with Gasteiger partial charge in [0.25, 0.3) is 5.91 Å². The molecule has 6 heteroatoms. The Morgan fingerprint density at radius 2 is 1.52 bits per heavy atom. The first-order valence-electron chi connectivity index (χ1n) is 9.66. The Morgan fingerprint density at radius 1 is 0.897 bits per heavy atom. The van der Waals surface area contributed by atoms with Crippen molar-refractivity contribution in [1.82, 2.24) is 4.98 Å². The first kappa shape index (κ1) is 18.9. The Hall–Kier alpha value is -3.41. The van der Waals surface area contributed by atoms with Crippen LogP contribution in [0.5, 0.6) is 0 Å². The lowest BCUT2D eigenvalue weighted by Gasteiger charge is -2.37. The number of pyridine rings is 1. The molecule has 148 valence electrons. The van der Waals surface area contributed by atoms with E-state index in [0.717, 1.165) is 43.2 Å². The van der Waals surface area contributed by atoms with Gasteiger partial charge in [-0.3, -0.25) is 9.78 Å². The molecular formula is C23H23FN4O. The fourth-order valence-electron chi connectivity index (χ4n) is 3.55. The third kappa shape index (κ3) is 4.21. The van der Waals surface area contributed by atoms with Gasteiger partial charge in [0.05, 0.1) is 0 Å². The first-order valence-corrected chi connectivity index (χ1v) is 9.66. The van der Waals surface area contributed by atoms with E-state index in [1.54, 1.807) is 18.1 Å². The summed E-state index contributed by atoms with van der Waals surface area (Å²) in [5.41, 5.74) is 3.28. The number of aromatic nitrogens is 1. The molecule has 0 bridgehead atoms. The Labute approximate surface area is 170 Å². The molecule has 1 aliphatic rings. The summed E-state index contributed by atoms with van der Waals surface area (Å²) in [6, 6.07) is 19.9. The fraction of sp³-hybridized carbons (Fsp3) is 0.217. The van der Waals surface area contributed by atoms with Crippen LogP contribution in [0.3, 0.4) is 0 Å². The molecule has 3 aromatic rings. The van der Waals surface area contributed by atoms with Crippen LogP contribution in [-0.4, -0.2) is 44.1 Å². The molecule has 2 heterocycles. The number of amides is 1. The van der Waals surface area contributed by atoms with Crippen molar-refractivity contribution in [3.63, 3.8) is 0 Å². The predicted octanol–water partition coefficient (Wildman–Crippen LogP) is 3.82. The van der Waals surface area contributed by atoms with Crippen molar-refractivity contribution in [3.8, 4) is 0 Å². The lowest BCUT2D eigenvalue weighted by molar-refractivity contribution is 0.0988. The largest absolute Gasteiger partial charge is 0.368 e. The molecule has 1 amide bonds. The monoisotopic (exact) mass is 390 g/mol. The van der Waals surface area contributed by atoms with Crippen molar-refractivity contribution in [2.45, 2.75) is 0 Å². The predicted molar refractivity (Wildman–Crippen MR) is 114 cm³/mol. The number of piperazine rings is 1. The number of carbonyl (C=O) groups excluding carboxylic acids is 1. The van der Waals surface area contributed by atoms with Crippen LogP contribution in [0.4, 0.5) is 21.5 Å². The molecule has 0 radical (unpaired) electrons. The molecule has 4 rings (SSSR count). The van der Waals surface area contributed by atoms with Gasteiger partial charge in [-0.15, -0.1) is 0 Å². The lowest BCUT2D eigenvalue weighted by atomic mass is 10.2. The molecule has 1 aliphatic heterocycles. The van der Waals surface area contributed by atoms with Crippen LogP contribution >= 0.6 is 0 Å². The number of hydrogen-bond donors (Lipinski definition) is 0. The van der Waals surface area contributed by atoms with E-state index < -0.39 is 0 Å². The van der Waals surface area contributed by atoms with E-state index in [-0.39, 0.29) is 11.7 Å². The molecule has 1 aromatic heterocycles. The number of nitrogens with zero attached hydrogens (tertiary/aromatic N) is 4. The van der Waals surface area contributed by atoms with Gasteiger partial charge >= 0.3 is 0 Å². The highest BCUT2D eigenvalue weighted by Gasteiger charge is 2.20. The molecule has 29 heavy (non-hydrogen) atoms. The molecule has 0 spiro atoms. The number of para-hydroxylation sites is 1. The normalized spacial score (nSPS) is 14.0. The Balaban J connectivity index is 1.44. The van der Waals surface area contributed by atoms with Gasteiger partial charge in [-0.25, -0.2) is 4.39 Å². The second-order valence-corrected chi connectivity index (χ2v) is 7.05. The van der Waals surface area contributed by atoms with Gasteiger partial charge in [0.1, 0.15) is 11.5 Å². The highest BCUT2D eigenvalue weighted by atomic mass is 19.1. The number of halogens is 1. The minimum Gasteiger partial charge on any atom is -0.368 e. The van der Waals surface area contributed by atoms with E-state index in [4.69, 9.17) is 0 Å². The zero-order chi connectivity index (χ0) is 20.2. The van der Waals surface area contributed by atoms with Gasteiger partial charge in [-0.2, -0.15) is 0 Å². The minimum absolute atomic E-state index is 0.136. The quantitative estimate of drug-likeness (QED) is 0.679. The Bertz CT molecular complexity index is 970. The molecule has 5 nitrogen and oxygen atoms in total. The second kappa shape index (κ2) is 8.31. The van der Waals surface area contributed by atoms with Crippen molar-refractivity contribution in [1.29, 1.82) is 0 Å². The Morgan fingerprint density at radius 3 is 2.17 bits per heavy atom. The summed E-state index contributed by atoms with van der Waals surface area (Å²) < 4.78 is 13.1. The molecule has 1 fully saturated rings. The summed E-state index contributed by atoms with van der Waals surface area (Å²) in [7, 11) is 1.76. The third-order valence-corrected chi connectivity index (χ3v) is 5.25. The van der Waals surface area contributed by atoms with Crippen molar-refractivity contribution in [3.05, 3.63) is 84.4 Å². The zero-order valence-electron chi connectivity index (χ0n) is 16.3. The van der Waals surface area contributed by atoms with Crippen LogP contribution in [0, 0.1) is 5.82 Å². The summed E-state index contributed by atoms with van der Waals surface area (Å²) in [6.07, 6.45) is 1.69. The smallest absolute Gasteiger partial charge is 0.276 e. The maximum Gasteiger partial charge on any atom is 0.276 e. The van der Waals surface area contributed by atoms with E-state index in [1.165, 1.54) is 12.1 Å². The lowest BCUT2D eigenvalue weighted by Crippen LogP contribution is -2.46. The molecule has 0 atom stereocenters. The van der Waals surface area contributed by atoms with Gasteiger partial charge in [0.2, 0.25) is 0 Å². The van der Waals surface area contributed by atoms with Crippen molar-refractivity contribution < 1.29 is 9.18 Å². The number of benzene rings is 2. The van der Waals surface area contributed by atoms with Crippen molar-refractivity contribution >= 4 is 23.0 Å². The summed E-state index contributed by atoms with van der Waals surface area (Å²) in [5, 5.41) is 0. The van der Waals surface area contributed by atoms with Crippen LogP contribution in [-0.2, 0) is 0 Å². The maximum atomic E-state index is 13.1. The molecule has 2 aromatic carbocycles. The zero-order valence-corrected chi connectivity index (χ0v) is 16.3. The summed E-state index contributed by atoms with van der Waals surface area (Å²) in [6.45, 7) is 3.31. The molecule has 0 N–H and O–H groups in total. The summed E-state index contributed by atoms with van der Waals surface area (Å²) >= 11 is 0. The van der Waals surface area contributed by atoms with Crippen LogP contribution < -0.4 is 14.7 Å². The van der Waals surface area contributed by atoms with Crippen molar-refractivity contribution in [2.75, 3.05) is 47.9 Å². The van der Waals surface area contributed by atoms with Crippen LogP contribution in [0.1, 0.15) is 10.5 Å². The average molecular weight is 390 g/mol. The van der Waals surface area contributed by atoms with Crippen molar-refractivity contribution in [2.24, 2.45) is 0 Å². The molecule has 0 unspecified atom stereocenters. The number of anilines is 3. The topological polar surface area (TPSA) is 39.7 Å². The van der Waals surface area contributed by atoms with Gasteiger partial charge in [-0.05, 0) is 48.5 Å². The molecule has 0 aliphatic carbocycles. The van der Waals surface area contributed by atoms with Crippen LogP contribution in [0.2, 0.25) is 0 Å². The molecular weight excluding hydrogens is 367 g/mol. The summed E-state index contributed by atoms with van der Waals surface area (Å²) in [5.74, 6) is -0.357. The first-order chi connectivity index (χ1) is 14.1. The summed E-state index contributed by atoms with van der Waals surface area (Å²) in [4.78, 5) is 23.2. The SMILES string of the molecule is CN(C(=O)c1cc(N2CCN(c3ccc(F)cc3)CC2)ccn1)c1ccccc1. The van der Waals surface area contributed by atoms with E-state index in [1.807, 2.05) is 54.6 Å². The van der Waals surface area contributed by atoms with Crippen LogP contribution in [0.25, 0.3) is 0 Å². The van der Waals surface area contributed by atoms with E-state index in [0.29, 0.717) is 5.69 Å². The van der Waals surface area contributed by atoms with Gasteiger partial charge in [-0.1, -0.05) is 18.2 Å². The fourth-order valence-corrected chi connectivity index (χ4v) is 3.55. The molecule has 0 saturated carbocycles. The van der Waals surface area contributed by atoms with Gasteiger partial charge in [0, 0.05) is 56.5 Å². The highest BCUT2D eigenvalue weighted by Crippen LogP contribution is 2.22. The van der Waals surface area contributed by atoms with E-state index in [2.05, 4.69) is 14.8 Å². The third-order valence-electron chi connectivity index (χ3n) is 5.25. The van der Waals surface area contributed by atoms with Gasteiger partial charge in [0.15, 0.2) is 0 Å². The van der Waals surface area contributed by atoms with Crippen LogP contribution in [0.15, 0.2) is 72.9 Å². The highest BCUT2D eigenvalue weighted by molar-refractivity contribution is 6.04. The van der Waals surface area contributed by atoms with Gasteiger partial charge < -0.3 is 14.7 Å². The number of carbonyl (C=O) groups is 1. The number of hydrogen-bond acceptors (Lipinski definition) is 4. The van der Waals surface area contributed by atoms with E-state index in [9.17, 15) is 9.18 Å². The second-order valence-electron chi connectivity index (χ2n) is 7.05. The minimum atomic E-state index is -0.221.